The van der Waals surface area contributed by atoms with Crippen LogP contribution in [0, 0.1) is 5.92 Å². The lowest BCUT2D eigenvalue weighted by Crippen LogP contribution is -2.13. The summed E-state index contributed by atoms with van der Waals surface area (Å²) in [7, 11) is 0. The van der Waals surface area contributed by atoms with Gasteiger partial charge in [-0.05, 0) is 30.4 Å². The first-order chi connectivity index (χ1) is 10.2. The van der Waals surface area contributed by atoms with Crippen LogP contribution in [0.25, 0.3) is 10.9 Å². The van der Waals surface area contributed by atoms with Crippen molar-refractivity contribution < 1.29 is 9.59 Å². The highest BCUT2D eigenvalue weighted by Crippen LogP contribution is 2.29. The predicted molar refractivity (Wildman–Crippen MR) is 82.2 cm³/mol. The number of fused-ring (bicyclic) bond motifs is 1. The predicted octanol–water partition coefficient (Wildman–Crippen LogP) is 2.67. The van der Waals surface area contributed by atoms with E-state index in [0.29, 0.717) is 11.5 Å². The molecule has 0 atom stereocenters. The highest BCUT2D eigenvalue weighted by Gasteiger charge is 2.17. The zero-order chi connectivity index (χ0) is 14.8. The second-order valence-corrected chi connectivity index (χ2v) is 6.00. The van der Waals surface area contributed by atoms with E-state index in [1.165, 1.54) is 25.7 Å². The van der Waals surface area contributed by atoms with Crippen LogP contribution in [-0.2, 0) is 17.8 Å². The number of aldehydes is 1. The van der Waals surface area contributed by atoms with Gasteiger partial charge in [-0.2, -0.15) is 0 Å². The Morgan fingerprint density at radius 2 is 2.10 bits per heavy atom. The van der Waals surface area contributed by atoms with Gasteiger partial charge >= 0.3 is 0 Å². The van der Waals surface area contributed by atoms with Crippen molar-refractivity contribution >= 4 is 23.1 Å². The third-order valence-electron chi connectivity index (χ3n) is 4.41. The molecule has 2 aromatic rings. The maximum absolute atomic E-state index is 11.2. The first kappa shape index (κ1) is 13.9. The van der Waals surface area contributed by atoms with Gasteiger partial charge in [-0.3, -0.25) is 9.59 Å². The van der Waals surface area contributed by atoms with Gasteiger partial charge in [-0.15, -0.1) is 0 Å². The number of rotatable bonds is 5. The Bertz CT molecular complexity index is 681. The molecule has 0 radical (unpaired) electrons. The van der Waals surface area contributed by atoms with Crippen molar-refractivity contribution in [3.63, 3.8) is 0 Å². The molecular weight excluding hydrogens is 264 g/mol. The first-order valence-electron chi connectivity index (χ1n) is 7.52. The lowest BCUT2D eigenvalue weighted by Gasteiger charge is -2.12. The van der Waals surface area contributed by atoms with E-state index in [1.807, 2.05) is 24.4 Å². The number of benzene rings is 1. The molecule has 0 unspecified atom stereocenters. The average Bonchev–Trinajstić information content (AvgIpc) is 3.07. The maximum Gasteiger partial charge on any atom is 0.221 e. The molecule has 0 aliphatic heterocycles. The van der Waals surface area contributed by atoms with Crippen LogP contribution >= 0.6 is 0 Å². The molecule has 1 heterocycles. The lowest BCUT2D eigenvalue weighted by atomic mass is 10.1. The summed E-state index contributed by atoms with van der Waals surface area (Å²) in [5.74, 6) is 0.360. The molecule has 1 saturated carbocycles. The Kier molecular flexibility index (Phi) is 3.78. The summed E-state index contributed by atoms with van der Waals surface area (Å²) in [6.07, 6.45) is 8.20. The maximum atomic E-state index is 11.2. The number of nitrogens with two attached hydrogens (primary N) is 1. The van der Waals surface area contributed by atoms with Crippen LogP contribution in [0.5, 0.6) is 0 Å². The Morgan fingerprint density at radius 3 is 2.76 bits per heavy atom. The molecule has 1 aromatic carbocycles. The van der Waals surface area contributed by atoms with Gasteiger partial charge < -0.3 is 10.3 Å². The van der Waals surface area contributed by atoms with E-state index >= 15 is 0 Å². The SMILES string of the molecule is NC(=O)Cc1ccc2c(C=O)cn(CC3CCCC3)c2c1. The molecule has 1 fully saturated rings. The van der Waals surface area contributed by atoms with E-state index in [1.54, 1.807) is 0 Å². The minimum atomic E-state index is -0.334. The number of carbonyl (C=O) groups is 2. The highest BCUT2D eigenvalue weighted by molar-refractivity contribution is 5.98. The fourth-order valence-corrected chi connectivity index (χ4v) is 3.39. The van der Waals surface area contributed by atoms with Crippen LogP contribution < -0.4 is 5.73 Å². The van der Waals surface area contributed by atoms with Gasteiger partial charge in [-0.1, -0.05) is 25.0 Å². The molecule has 2 N–H and O–H groups in total. The molecule has 0 saturated heterocycles. The average molecular weight is 284 g/mol. The molecule has 0 bridgehead atoms. The fraction of sp³-hybridized carbons (Fsp3) is 0.412. The van der Waals surface area contributed by atoms with E-state index < -0.39 is 0 Å². The molecule has 1 aromatic heterocycles. The second-order valence-electron chi connectivity index (χ2n) is 6.00. The molecule has 4 heteroatoms. The molecule has 0 spiro atoms. The van der Waals surface area contributed by atoms with Crippen molar-refractivity contribution in [2.75, 3.05) is 0 Å². The van der Waals surface area contributed by atoms with E-state index in [2.05, 4.69) is 4.57 Å². The third kappa shape index (κ3) is 2.84. The molecular formula is C17H20N2O2. The Balaban J connectivity index is 2.00. The minimum Gasteiger partial charge on any atom is -0.369 e. The van der Waals surface area contributed by atoms with Crippen LogP contribution in [0.1, 0.15) is 41.6 Å². The smallest absolute Gasteiger partial charge is 0.221 e. The van der Waals surface area contributed by atoms with Gasteiger partial charge in [0, 0.05) is 29.2 Å². The number of hydrogen-bond acceptors (Lipinski definition) is 2. The number of aromatic nitrogens is 1. The summed E-state index contributed by atoms with van der Waals surface area (Å²) in [5.41, 5.74) is 7.92. The summed E-state index contributed by atoms with van der Waals surface area (Å²) in [6, 6.07) is 5.78. The molecule has 1 aliphatic rings. The quantitative estimate of drug-likeness (QED) is 0.858. The van der Waals surface area contributed by atoms with Crippen LogP contribution in [0.15, 0.2) is 24.4 Å². The number of carbonyl (C=O) groups excluding carboxylic acids is 2. The van der Waals surface area contributed by atoms with Crippen LogP contribution in [0.3, 0.4) is 0 Å². The molecule has 3 rings (SSSR count). The fourth-order valence-electron chi connectivity index (χ4n) is 3.39. The topological polar surface area (TPSA) is 65.1 Å². The van der Waals surface area contributed by atoms with E-state index in [0.717, 1.165) is 29.3 Å². The Hall–Kier alpha value is -2.10. The third-order valence-corrected chi connectivity index (χ3v) is 4.41. The van der Waals surface area contributed by atoms with Gasteiger partial charge in [0.05, 0.1) is 6.42 Å². The second kappa shape index (κ2) is 5.72. The summed E-state index contributed by atoms with van der Waals surface area (Å²) in [6.45, 7) is 0.949. The van der Waals surface area contributed by atoms with E-state index in [-0.39, 0.29) is 12.3 Å². The molecule has 21 heavy (non-hydrogen) atoms. The largest absolute Gasteiger partial charge is 0.369 e. The van der Waals surface area contributed by atoms with Crippen LogP contribution in [0.2, 0.25) is 0 Å². The Morgan fingerprint density at radius 1 is 1.33 bits per heavy atom. The van der Waals surface area contributed by atoms with Gasteiger partial charge in [0.25, 0.3) is 0 Å². The summed E-state index contributed by atoms with van der Waals surface area (Å²) in [4.78, 5) is 22.3. The van der Waals surface area contributed by atoms with Gasteiger partial charge in [0.2, 0.25) is 5.91 Å². The zero-order valence-electron chi connectivity index (χ0n) is 12.0. The summed E-state index contributed by atoms with van der Waals surface area (Å²) in [5, 5.41) is 0.955. The van der Waals surface area contributed by atoms with Gasteiger partial charge in [-0.25, -0.2) is 0 Å². The van der Waals surface area contributed by atoms with E-state index in [9.17, 15) is 9.59 Å². The van der Waals surface area contributed by atoms with Gasteiger partial charge in [0.1, 0.15) is 0 Å². The van der Waals surface area contributed by atoms with Crippen molar-refractivity contribution in [1.82, 2.24) is 4.57 Å². The van der Waals surface area contributed by atoms with Crippen molar-refractivity contribution in [1.29, 1.82) is 0 Å². The zero-order valence-corrected chi connectivity index (χ0v) is 12.0. The molecule has 110 valence electrons. The van der Waals surface area contributed by atoms with E-state index in [4.69, 9.17) is 5.73 Å². The normalized spacial score (nSPS) is 15.6. The van der Waals surface area contributed by atoms with Crippen molar-refractivity contribution in [2.24, 2.45) is 11.7 Å². The summed E-state index contributed by atoms with van der Waals surface area (Å²) < 4.78 is 2.17. The van der Waals surface area contributed by atoms with Crippen LogP contribution in [-0.4, -0.2) is 16.8 Å². The molecule has 1 amide bonds. The van der Waals surface area contributed by atoms with Crippen molar-refractivity contribution in [2.45, 2.75) is 38.6 Å². The molecule has 1 aliphatic carbocycles. The van der Waals surface area contributed by atoms with Gasteiger partial charge in [0.15, 0.2) is 6.29 Å². The molecule has 4 nitrogen and oxygen atoms in total. The number of nitrogens with zero attached hydrogens (tertiary/aromatic N) is 1. The number of amides is 1. The lowest BCUT2D eigenvalue weighted by molar-refractivity contribution is -0.117. The number of primary amides is 1. The van der Waals surface area contributed by atoms with Crippen molar-refractivity contribution in [3.05, 3.63) is 35.5 Å². The Labute approximate surface area is 123 Å². The number of hydrogen-bond donors (Lipinski definition) is 1. The minimum absolute atomic E-state index is 0.237. The highest BCUT2D eigenvalue weighted by atomic mass is 16.1. The van der Waals surface area contributed by atoms with Crippen LogP contribution in [0.4, 0.5) is 0 Å². The van der Waals surface area contributed by atoms with Crippen molar-refractivity contribution in [3.8, 4) is 0 Å². The standard InChI is InChI=1S/C17H20N2O2/c18-17(21)8-13-5-6-15-14(11-20)10-19(16(15)7-13)9-12-3-1-2-4-12/h5-7,10-12H,1-4,8-9H2,(H2,18,21). The monoisotopic (exact) mass is 284 g/mol. The summed E-state index contributed by atoms with van der Waals surface area (Å²) >= 11 is 0. The first-order valence-corrected chi connectivity index (χ1v) is 7.52.